The fraction of sp³-hybridized carbons (Fsp3) is 0.700. The molecule has 2 aliphatic heterocycles. The zero-order valence-corrected chi connectivity index (χ0v) is 9.43. The third kappa shape index (κ3) is 1.67. The lowest BCUT2D eigenvalue weighted by atomic mass is 10.1. The molecule has 2 aliphatic rings. The van der Waals surface area contributed by atoms with Gasteiger partial charge in [0.25, 0.3) is 0 Å². The molecule has 0 aromatic carbocycles. The Bertz CT molecular complexity index is 433. The molecule has 3 heterocycles. The molecule has 3 rings (SSSR count). The van der Waals surface area contributed by atoms with Gasteiger partial charge in [0.1, 0.15) is 24.4 Å². The molecule has 0 radical (unpaired) electrons. The van der Waals surface area contributed by atoms with E-state index < -0.39 is 6.10 Å². The molecule has 0 saturated carbocycles. The average molecular weight is 238 g/mol. The van der Waals surface area contributed by atoms with Crippen molar-refractivity contribution in [1.82, 2.24) is 20.2 Å². The SMILES string of the molecule is C/C=C/c1nnnn1[C@H]1CO[C@H]2[C@@H]1OC[C@H]2O. The molecule has 0 unspecified atom stereocenters. The Labute approximate surface area is 98.0 Å². The normalized spacial score (nSPS) is 36.8. The Kier molecular flexibility index (Phi) is 2.65. The Hall–Kier alpha value is -1.31. The largest absolute Gasteiger partial charge is 0.388 e. The van der Waals surface area contributed by atoms with Crippen LogP contribution in [-0.2, 0) is 9.47 Å². The molecular formula is C10H14N4O3. The maximum absolute atomic E-state index is 9.66. The van der Waals surface area contributed by atoms with E-state index in [1.807, 2.05) is 19.1 Å². The maximum Gasteiger partial charge on any atom is 0.174 e. The molecule has 17 heavy (non-hydrogen) atoms. The average Bonchev–Trinajstić information content (AvgIpc) is 2.97. The number of tetrazole rings is 1. The molecular weight excluding hydrogens is 224 g/mol. The molecule has 4 atom stereocenters. The smallest absolute Gasteiger partial charge is 0.174 e. The highest BCUT2D eigenvalue weighted by Gasteiger charge is 2.48. The molecule has 7 nitrogen and oxygen atoms in total. The van der Waals surface area contributed by atoms with Gasteiger partial charge >= 0.3 is 0 Å². The van der Waals surface area contributed by atoms with Crippen LogP contribution >= 0.6 is 0 Å². The van der Waals surface area contributed by atoms with Crippen LogP contribution in [0.2, 0.25) is 0 Å². The fourth-order valence-electron chi connectivity index (χ4n) is 2.36. The number of aliphatic hydroxyl groups is 1. The lowest BCUT2D eigenvalue weighted by Gasteiger charge is -2.15. The first-order valence-corrected chi connectivity index (χ1v) is 5.63. The molecule has 2 saturated heterocycles. The summed E-state index contributed by atoms with van der Waals surface area (Å²) in [7, 11) is 0. The van der Waals surface area contributed by atoms with Crippen LogP contribution in [0, 0.1) is 0 Å². The molecule has 1 aromatic heterocycles. The summed E-state index contributed by atoms with van der Waals surface area (Å²) >= 11 is 0. The second-order valence-electron chi connectivity index (χ2n) is 4.21. The van der Waals surface area contributed by atoms with Crippen LogP contribution in [0.15, 0.2) is 6.08 Å². The maximum atomic E-state index is 9.66. The van der Waals surface area contributed by atoms with E-state index in [1.54, 1.807) is 4.68 Å². The van der Waals surface area contributed by atoms with Crippen molar-refractivity contribution in [3.05, 3.63) is 11.9 Å². The number of aliphatic hydroxyl groups excluding tert-OH is 1. The fourth-order valence-corrected chi connectivity index (χ4v) is 2.36. The van der Waals surface area contributed by atoms with Crippen molar-refractivity contribution in [2.24, 2.45) is 0 Å². The summed E-state index contributed by atoms with van der Waals surface area (Å²) in [4.78, 5) is 0. The van der Waals surface area contributed by atoms with Gasteiger partial charge in [-0.2, -0.15) is 0 Å². The number of fused-ring (bicyclic) bond motifs is 1. The van der Waals surface area contributed by atoms with E-state index in [9.17, 15) is 5.11 Å². The van der Waals surface area contributed by atoms with Gasteiger partial charge in [-0.3, -0.25) is 0 Å². The minimum absolute atomic E-state index is 0.0710. The van der Waals surface area contributed by atoms with Gasteiger partial charge in [-0.1, -0.05) is 6.08 Å². The topological polar surface area (TPSA) is 82.3 Å². The summed E-state index contributed by atoms with van der Waals surface area (Å²) < 4.78 is 12.8. The predicted octanol–water partition coefficient (Wildman–Crippen LogP) is -0.594. The molecule has 1 N–H and O–H groups in total. The van der Waals surface area contributed by atoms with Crippen LogP contribution in [-0.4, -0.2) is 56.8 Å². The van der Waals surface area contributed by atoms with E-state index in [1.165, 1.54) is 0 Å². The third-order valence-electron chi connectivity index (χ3n) is 3.15. The Morgan fingerprint density at radius 3 is 3.00 bits per heavy atom. The van der Waals surface area contributed by atoms with E-state index in [0.29, 0.717) is 19.0 Å². The van der Waals surface area contributed by atoms with Crippen LogP contribution in [0.4, 0.5) is 0 Å². The first-order chi connectivity index (χ1) is 8.31. The first kappa shape index (κ1) is 10.8. The van der Waals surface area contributed by atoms with Gasteiger partial charge < -0.3 is 14.6 Å². The Morgan fingerprint density at radius 2 is 2.18 bits per heavy atom. The van der Waals surface area contributed by atoms with Gasteiger partial charge in [0.05, 0.1) is 13.2 Å². The van der Waals surface area contributed by atoms with Crippen LogP contribution in [0.5, 0.6) is 0 Å². The molecule has 0 aliphatic carbocycles. The zero-order chi connectivity index (χ0) is 11.8. The molecule has 2 fully saturated rings. The van der Waals surface area contributed by atoms with Gasteiger partial charge in [-0.05, 0) is 23.4 Å². The number of nitrogens with zero attached hydrogens (tertiary/aromatic N) is 4. The zero-order valence-electron chi connectivity index (χ0n) is 9.43. The van der Waals surface area contributed by atoms with E-state index in [-0.39, 0.29) is 18.2 Å². The number of ether oxygens (including phenoxy) is 2. The Balaban J connectivity index is 1.87. The van der Waals surface area contributed by atoms with Crippen molar-refractivity contribution in [3.8, 4) is 0 Å². The highest BCUT2D eigenvalue weighted by Crippen LogP contribution is 2.34. The van der Waals surface area contributed by atoms with E-state index in [2.05, 4.69) is 15.5 Å². The van der Waals surface area contributed by atoms with Crippen molar-refractivity contribution < 1.29 is 14.6 Å². The second-order valence-corrected chi connectivity index (χ2v) is 4.21. The quantitative estimate of drug-likeness (QED) is 0.741. The molecule has 92 valence electrons. The van der Waals surface area contributed by atoms with Gasteiger partial charge in [0.15, 0.2) is 5.82 Å². The first-order valence-electron chi connectivity index (χ1n) is 5.63. The summed E-state index contributed by atoms with van der Waals surface area (Å²) in [5.74, 6) is 0.673. The van der Waals surface area contributed by atoms with Gasteiger partial charge in [-0.15, -0.1) is 5.10 Å². The van der Waals surface area contributed by atoms with Crippen LogP contribution in [0.1, 0.15) is 18.8 Å². The van der Waals surface area contributed by atoms with E-state index in [4.69, 9.17) is 9.47 Å². The molecule has 0 bridgehead atoms. The van der Waals surface area contributed by atoms with Crippen molar-refractivity contribution >= 4 is 6.08 Å². The number of hydrogen-bond acceptors (Lipinski definition) is 6. The summed E-state index contributed by atoms with van der Waals surface area (Å²) in [6, 6.07) is -0.0710. The number of rotatable bonds is 2. The predicted molar refractivity (Wildman–Crippen MR) is 57.0 cm³/mol. The van der Waals surface area contributed by atoms with Crippen molar-refractivity contribution in [2.75, 3.05) is 13.2 Å². The van der Waals surface area contributed by atoms with Crippen LogP contribution in [0.25, 0.3) is 6.08 Å². The van der Waals surface area contributed by atoms with E-state index >= 15 is 0 Å². The third-order valence-corrected chi connectivity index (χ3v) is 3.15. The minimum atomic E-state index is -0.549. The highest BCUT2D eigenvalue weighted by atomic mass is 16.6. The van der Waals surface area contributed by atoms with Gasteiger partial charge in [0.2, 0.25) is 0 Å². The summed E-state index contributed by atoms with van der Waals surface area (Å²) in [5, 5.41) is 21.2. The molecule has 0 amide bonds. The summed E-state index contributed by atoms with van der Waals surface area (Å²) in [5.41, 5.74) is 0. The van der Waals surface area contributed by atoms with E-state index in [0.717, 1.165) is 0 Å². The number of hydrogen-bond donors (Lipinski definition) is 1. The van der Waals surface area contributed by atoms with Crippen molar-refractivity contribution in [1.29, 1.82) is 0 Å². The lowest BCUT2D eigenvalue weighted by molar-refractivity contribution is 0.0169. The number of allylic oxidation sites excluding steroid dienone is 1. The monoisotopic (exact) mass is 238 g/mol. The molecule has 0 spiro atoms. The van der Waals surface area contributed by atoms with Crippen molar-refractivity contribution in [3.63, 3.8) is 0 Å². The second kappa shape index (κ2) is 4.17. The minimum Gasteiger partial charge on any atom is -0.388 e. The molecule has 1 aromatic rings. The van der Waals surface area contributed by atoms with Gasteiger partial charge in [-0.25, -0.2) is 4.68 Å². The van der Waals surface area contributed by atoms with Crippen LogP contribution in [0.3, 0.4) is 0 Å². The van der Waals surface area contributed by atoms with Crippen molar-refractivity contribution in [2.45, 2.75) is 31.3 Å². The molecule has 7 heteroatoms. The van der Waals surface area contributed by atoms with Gasteiger partial charge in [0, 0.05) is 0 Å². The summed E-state index contributed by atoms with van der Waals surface area (Å²) in [6.07, 6.45) is 2.73. The number of aromatic nitrogens is 4. The standard InChI is InChI=1S/C10H14N4O3/c1-2-3-8-11-12-13-14(8)6-4-16-10-7(15)5-17-9(6)10/h2-3,6-7,9-10,15H,4-5H2,1H3/b3-2+/t6-,7+,9+,10+/m0/s1. The lowest BCUT2D eigenvalue weighted by Crippen LogP contribution is -2.30. The Morgan fingerprint density at radius 1 is 1.35 bits per heavy atom. The van der Waals surface area contributed by atoms with Crippen LogP contribution < -0.4 is 0 Å². The highest BCUT2D eigenvalue weighted by molar-refractivity contribution is 5.38. The summed E-state index contributed by atoms with van der Waals surface area (Å²) in [6.45, 7) is 2.68.